The largest absolute Gasteiger partial charge is 0.383 e. The highest BCUT2D eigenvalue weighted by atomic mass is 16.2. The van der Waals surface area contributed by atoms with E-state index in [1.165, 1.54) is 16.5 Å². The van der Waals surface area contributed by atoms with Gasteiger partial charge in [0.15, 0.2) is 5.69 Å². The third kappa shape index (κ3) is 3.46. The molecule has 0 radical (unpaired) electrons. The van der Waals surface area contributed by atoms with E-state index in [0.29, 0.717) is 5.56 Å². The number of H-pyrrole nitrogens is 1. The molecule has 0 aliphatic carbocycles. The summed E-state index contributed by atoms with van der Waals surface area (Å²) in [6, 6.07) is 14.7. The molecule has 3 N–H and O–H groups in total. The van der Waals surface area contributed by atoms with Crippen molar-refractivity contribution in [2.24, 2.45) is 0 Å². The molecule has 0 aliphatic heterocycles. The van der Waals surface area contributed by atoms with E-state index in [4.69, 9.17) is 5.73 Å². The molecule has 0 spiro atoms. The number of aromatic amines is 1. The number of hydrogen-bond acceptors (Lipinski definition) is 4. The lowest BCUT2D eigenvalue weighted by Gasteiger charge is -2.21. The molecule has 2 aromatic carbocycles. The second-order valence-corrected chi connectivity index (χ2v) is 6.68. The summed E-state index contributed by atoms with van der Waals surface area (Å²) in [7, 11) is 1.47. The number of nitrogens with one attached hydrogen (secondary N) is 1. The monoisotopic (exact) mass is 378 g/mol. The van der Waals surface area contributed by atoms with Crippen molar-refractivity contribution >= 4 is 17.4 Å². The molecule has 0 aliphatic rings. The molecule has 1 aromatic heterocycles. The first-order valence-corrected chi connectivity index (χ1v) is 8.82. The molecule has 0 saturated carbocycles. The maximum Gasteiger partial charge on any atom is 0.330 e. The van der Waals surface area contributed by atoms with Crippen molar-refractivity contribution in [3.05, 3.63) is 91.6 Å². The maximum atomic E-state index is 13.0. The molecule has 0 unspecified atom stereocenters. The first-order chi connectivity index (χ1) is 13.3. The van der Waals surface area contributed by atoms with Crippen LogP contribution >= 0.6 is 0 Å². The standard InChI is InChI=1S/C21H22N4O3/c1-13-8-7-11-16(14(13)2)20(27)24(3)17-18(22)25(21(28)23-19(17)26)12-15-9-5-4-6-10-15/h4-11H,12,22H2,1-3H3,(H,23,26,28). The smallest absolute Gasteiger partial charge is 0.330 e. The number of carbonyl (C=O) groups excluding carboxylic acids is 1. The number of aromatic nitrogens is 2. The number of rotatable bonds is 4. The zero-order valence-corrected chi connectivity index (χ0v) is 16.0. The maximum absolute atomic E-state index is 13.0. The summed E-state index contributed by atoms with van der Waals surface area (Å²) in [6.07, 6.45) is 0. The molecule has 3 rings (SSSR count). The second-order valence-electron chi connectivity index (χ2n) is 6.68. The predicted octanol–water partition coefficient (Wildman–Crippen LogP) is 2.06. The predicted molar refractivity (Wildman–Crippen MR) is 110 cm³/mol. The summed E-state index contributed by atoms with van der Waals surface area (Å²) >= 11 is 0. The highest BCUT2D eigenvalue weighted by Gasteiger charge is 2.23. The quantitative estimate of drug-likeness (QED) is 0.725. The first-order valence-electron chi connectivity index (χ1n) is 8.82. The van der Waals surface area contributed by atoms with E-state index in [0.717, 1.165) is 16.7 Å². The highest BCUT2D eigenvalue weighted by Crippen LogP contribution is 2.21. The summed E-state index contributed by atoms with van der Waals surface area (Å²) in [5, 5.41) is 0. The summed E-state index contributed by atoms with van der Waals surface area (Å²) in [6.45, 7) is 3.94. The topological polar surface area (TPSA) is 101 Å². The number of carbonyl (C=O) groups is 1. The Bertz CT molecular complexity index is 1150. The first kappa shape index (κ1) is 19.2. The third-order valence-electron chi connectivity index (χ3n) is 4.87. The third-order valence-corrected chi connectivity index (χ3v) is 4.87. The van der Waals surface area contributed by atoms with Gasteiger partial charge in [-0.3, -0.25) is 19.1 Å². The molecule has 0 bridgehead atoms. The van der Waals surface area contributed by atoms with E-state index >= 15 is 0 Å². The van der Waals surface area contributed by atoms with Gasteiger partial charge >= 0.3 is 5.69 Å². The summed E-state index contributed by atoms with van der Waals surface area (Å²) < 4.78 is 1.25. The van der Waals surface area contributed by atoms with Crippen LogP contribution in [0.4, 0.5) is 11.5 Å². The van der Waals surface area contributed by atoms with E-state index in [1.54, 1.807) is 12.1 Å². The molecule has 7 heteroatoms. The van der Waals surface area contributed by atoms with Crippen LogP contribution in [0.25, 0.3) is 0 Å². The molecule has 144 valence electrons. The van der Waals surface area contributed by atoms with E-state index in [1.807, 2.05) is 50.2 Å². The molecule has 7 nitrogen and oxygen atoms in total. The zero-order valence-electron chi connectivity index (χ0n) is 16.0. The van der Waals surface area contributed by atoms with Crippen LogP contribution in [0.1, 0.15) is 27.0 Å². The Morgan fingerprint density at radius 2 is 1.75 bits per heavy atom. The second kappa shape index (κ2) is 7.56. The van der Waals surface area contributed by atoms with Crippen LogP contribution in [-0.4, -0.2) is 22.5 Å². The van der Waals surface area contributed by atoms with Crippen LogP contribution in [0, 0.1) is 13.8 Å². The van der Waals surface area contributed by atoms with Crippen LogP contribution in [0.2, 0.25) is 0 Å². The number of benzene rings is 2. The van der Waals surface area contributed by atoms with Crippen molar-refractivity contribution in [2.45, 2.75) is 20.4 Å². The van der Waals surface area contributed by atoms with Crippen molar-refractivity contribution in [2.75, 3.05) is 17.7 Å². The Balaban J connectivity index is 2.07. The number of nitrogens with zero attached hydrogens (tertiary/aromatic N) is 2. The summed E-state index contributed by atoms with van der Waals surface area (Å²) in [5.74, 6) is -0.429. The summed E-state index contributed by atoms with van der Waals surface area (Å²) in [4.78, 5) is 41.2. The van der Waals surface area contributed by atoms with Crippen LogP contribution in [0.3, 0.4) is 0 Å². The van der Waals surface area contributed by atoms with Crippen LogP contribution < -0.4 is 21.9 Å². The normalized spacial score (nSPS) is 10.7. The highest BCUT2D eigenvalue weighted by molar-refractivity contribution is 6.07. The lowest BCUT2D eigenvalue weighted by molar-refractivity contribution is 0.0992. The van der Waals surface area contributed by atoms with Gasteiger partial charge in [-0.2, -0.15) is 0 Å². The molecule has 0 fully saturated rings. The van der Waals surface area contributed by atoms with Gasteiger partial charge in [0.2, 0.25) is 0 Å². The minimum Gasteiger partial charge on any atom is -0.383 e. The minimum absolute atomic E-state index is 0.0542. The van der Waals surface area contributed by atoms with E-state index < -0.39 is 11.2 Å². The van der Waals surface area contributed by atoms with Crippen LogP contribution in [-0.2, 0) is 6.54 Å². The average molecular weight is 378 g/mol. The van der Waals surface area contributed by atoms with Crippen molar-refractivity contribution in [1.29, 1.82) is 0 Å². The fourth-order valence-electron chi connectivity index (χ4n) is 3.09. The molecule has 0 saturated heterocycles. The fourth-order valence-corrected chi connectivity index (χ4v) is 3.09. The van der Waals surface area contributed by atoms with E-state index in [-0.39, 0.29) is 24.0 Å². The molecular weight excluding hydrogens is 356 g/mol. The number of aryl methyl sites for hydroxylation is 1. The molecule has 3 aromatic rings. The Labute approximate surface area is 162 Å². The van der Waals surface area contributed by atoms with Gasteiger partial charge in [-0.05, 0) is 36.6 Å². The number of amides is 1. The molecule has 0 atom stereocenters. The van der Waals surface area contributed by atoms with E-state index in [9.17, 15) is 14.4 Å². The Morgan fingerprint density at radius 1 is 1.07 bits per heavy atom. The number of anilines is 2. The van der Waals surface area contributed by atoms with Crippen molar-refractivity contribution in [3.63, 3.8) is 0 Å². The van der Waals surface area contributed by atoms with Gasteiger partial charge in [0.05, 0.1) is 6.54 Å². The van der Waals surface area contributed by atoms with Gasteiger partial charge in [0.1, 0.15) is 5.82 Å². The van der Waals surface area contributed by atoms with Gasteiger partial charge in [-0.1, -0.05) is 42.5 Å². The Kier molecular flexibility index (Phi) is 5.17. The number of nitrogen functional groups attached to an aromatic ring is 1. The molecule has 1 amide bonds. The SMILES string of the molecule is Cc1cccc(C(=O)N(C)c2c(N)n(Cc3ccccc3)c(=O)[nH]c2=O)c1C. The van der Waals surface area contributed by atoms with Crippen molar-refractivity contribution in [1.82, 2.24) is 9.55 Å². The fraction of sp³-hybridized carbons (Fsp3) is 0.190. The van der Waals surface area contributed by atoms with Crippen LogP contribution in [0.15, 0.2) is 58.1 Å². The Hall–Kier alpha value is -3.61. The Morgan fingerprint density at radius 3 is 2.43 bits per heavy atom. The van der Waals surface area contributed by atoms with Gasteiger partial charge in [0.25, 0.3) is 11.5 Å². The lowest BCUT2D eigenvalue weighted by Crippen LogP contribution is -2.39. The van der Waals surface area contributed by atoms with Crippen LogP contribution in [0.5, 0.6) is 0 Å². The number of nitrogens with two attached hydrogens (primary N) is 1. The van der Waals surface area contributed by atoms with Gasteiger partial charge in [-0.25, -0.2) is 4.79 Å². The van der Waals surface area contributed by atoms with E-state index in [2.05, 4.69) is 4.98 Å². The lowest BCUT2D eigenvalue weighted by atomic mass is 10.0. The van der Waals surface area contributed by atoms with Crippen molar-refractivity contribution < 1.29 is 4.79 Å². The zero-order chi connectivity index (χ0) is 20.4. The number of hydrogen-bond donors (Lipinski definition) is 2. The van der Waals surface area contributed by atoms with Gasteiger partial charge in [0, 0.05) is 12.6 Å². The van der Waals surface area contributed by atoms with Crippen molar-refractivity contribution in [3.8, 4) is 0 Å². The average Bonchev–Trinajstić information content (AvgIpc) is 2.67. The summed E-state index contributed by atoms with van der Waals surface area (Å²) in [5.41, 5.74) is 7.90. The van der Waals surface area contributed by atoms with Gasteiger partial charge in [-0.15, -0.1) is 0 Å². The van der Waals surface area contributed by atoms with Gasteiger partial charge < -0.3 is 10.6 Å². The molecular formula is C21H22N4O3. The molecule has 28 heavy (non-hydrogen) atoms. The minimum atomic E-state index is -0.701. The molecule has 1 heterocycles.